The van der Waals surface area contributed by atoms with Crippen LogP contribution in [0.2, 0.25) is 0 Å². The van der Waals surface area contributed by atoms with Crippen LogP contribution in [0.3, 0.4) is 0 Å². The molecule has 3 rings (SSSR count). The minimum absolute atomic E-state index is 0. The third kappa shape index (κ3) is 6.87. The zero-order chi connectivity index (χ0) is 17.6. The average molecular weight is 478 g/mol. The Kier molecular flexibility index (Phi) is 8.93. The molecule has 0 spiro atoms. The molecule has 7 heteroatoms. The summed E-state index contributed by atoms with van der Waals surface area (Å²) in [5.74, 6) is 3.31. The largest absolute Gasteiger partial charge is 0.381 e. The molecule has 0 aromatic heterocycles. The monoisotopic (exact) mass is 478 g/mol. The lowest BCUT2D eigenvalue weighted by atomic mass is 9.95. The van der Waals surface area contributed by atoms with Crippen molar-refractivity contribution >= 4 is 35.8 Å². The number of nitrogens with one attached hydrogen (secondary N) is 2. The van der Waals surface area contributed by atoms with Gasteiger partial charge in [-0.25, -0.2) is 4.99 Å². The van der Waals surface area contributed by atoms with Gasteiger partial charge in [0.2, 0.25) is 5.91 Å². The molecule has 0 aromatic carbocycles. The SMILES string of the molecule is CN(C)C(=O)CN=C(NCCCOCC1CC1)NC1CC2CCC1C2.I. The van der Waals surface area contributed by atoms with Crippen molar-refractivity contribution in [2.45, 2.75) is 51.0 Å². The Morgan fingerprint density at radius 3 is 2.62 bits per heavy atom. The van der Waals surface area contributed by atoms with Crippen molar-refractivity contribution in [3.05, 3.63) is 0 Å². The number of ether oxygens (including phenoxy) is 1. The summed E-state index contributed by atoms with van der Waals surface area (Å²) in [5.41, 5.74) is 0. The minimum atomic E-state index is 0. The van der Waals surface area contributed by atoms with E-state index in [1.807, 2.05) is 0 Å². The van der Waals surface area contributed by atoms with E-state index >= 15 is 0 Å². The Balaban J connectivity index is 0.00000243. The Labute approximate surface area is 174 Å². The zero-order valence-electron chi connectivity index (χ0n) is 16.2. The topological polar surface area (TPSA) is 66.0 Å². The molecule has 0 heterocycles. The predicted molar refractivity (Wildman–Crippen MR) is 115 cm³/mol. The smallest absolute Gasteiger partial charge is 0.243 e. The number of hydrogen-bond acceptors (Lipinski definition) is 3. The first-order chi connectivity index (χ1) is 12.1. The molecule has 2 bridgehead atoms. The van der Waals surface area contributed by atoms with E-state index in [-0.39, 0.29) is 36.4 Å². The molecular weight excluding hydrogens is 443 g/mol. The van der Waals surface area contributed by atoms with Crippen LogP contribution in [0.5, 0.6) is 0 Å². The summed E-state index contributed by atoms with van der Waals surface area (Å²) in [6, 6.07) is 0.519. The molecule has 3 aliphatic rings. The van der Waals surface area contributed by atoms with Gasteiger partial charge in [-0.05, 0) is 56.3 Å². The summed E-state index contributed by atoms with van der Waals surface area (Å²) in [6.07, 6.45) is 8.96. The van der Waals surface area contributed by atoms with E-state index in [9.17, 15) is 4.79 Å². The predicted octanol–water partition coefficient (Wildman–Crippen LogP) is 2.23. The van der Waals surface area contributed by atoms with E-state index in [1.165, 1.54) is 38.5 Å². The van der Waals surface area contributed by atoms with Gasteiger partial charge >= 0.3 is 0 Å². The van der Waals surface area contributed by atoms with Crippen LogP contribution in [0, 0.1) is 17.8 Å². The van der Waals surface area contributed by atoms with Crippen molar-refractivity contribution in [3.63, 3.8) is 0 Å². The molecule has 2 N–H and O–H groups in total. The van der Waals surface area contributed by atoms with Crippen LogP contribution in [-0.4, -0.2) is 63.2 Å². The average Bonchev–Trinajstić information content (AvgIpc) is 3.18. The van der Waals surface area contributed by atoms with Crippen molar-refractivity contribution < 1.29 is 9.53 Å². The summed E-state index contributed by atoms with van der Waals surface area (Å²) in [5, 5.41) is 6.98. The number of rotatable bonds is 9. The van der Waals surface area contributed by atoms with Crippen LogP contribution in [0.1, 0.15) is 44.9 Å². The highest BCUT2D eigenvalue weighted by Crippen LogP contribution is 2.44. The number of amides is 1. The fourth-order valence-electron chi connectivity index (χ4n) is 3.95. The summed E-state index contributed by atoms with van der Waals surface area (Å²) in [6.45, 7) is 2.73. The van der Waals surface area contributed by atoms with Gasteiger partial charge < -0.3 is 20.3 Å². The zero-order valence-corrected chi connectivity index (χ0v) is 18.5. The summed E-state index contributed by atoms with van der Waals surface area (Å²) in [4.78, 5) is 17.9. The van der Waals surface area contributed by atoms with Crippen LogP contribution >= 0.6 is 24.0 Å². The normalized spacial score (nSPS) is 27.2. The van der Waals surface area contributed by atoms with Gasteiger partial charge in [0.15, 0.2) is 5.96 Å². The van der Waals surface area contributed by atoms with Crippen LogP contribution in [0.4, 0.5) is 0 Å². The van der Waals surface area contributed by atoms with Gasteiger partial charge in [-0.1, -0.05) is 6.42 Å². The quantitative estimate of drug-likeness (QED) is 0.231. The number of guanidine groups is 1. The number of fused-ring (bicyclic) bond motifs is 2. The van der Waals surface area contributed by atoms with Crippen LogP contribution < -0.4 is 10.6 Å². The van der Waals surface area contributed by atoms with E-state index in [0.717, 1.165) is 49.9 Å². The van der Waals surface area contributed by atoms with Gasteiger partial charge in [0.25, 0.3) is 0 Å². The molecule has 0 aliphatic heterocycles. The summed E-state index contributed by atoms with van der Waals surface area (Å²) < 4.78 is 5.68. The maximum Gasteiger partial charge on any atom is 0.243 e. The molecule has 1 amide bonds. The molecule has 150 valence electrons. The highest BCUT2D eigenvalue weighted by molar-refractivity contribution is 14.0. The highest BCUT2D eigenvalue weighted by Gasteiger charge is 2.39. The second-order valence-corrected chi connectivity index (χ2v) is 8.18. The molecule has 6 nitrogen and oxygen atoms in total. The maximum absolute atomic E-state index is 11.8. The third-order valence-electron chi connectivity index (χ3n) is 5.74. The van der Waals surface area contributed by atoms with Gasteiger partial charge in [0.1, 0.15) is 6.54 Å². The maximum atomic E-state index is 11.8. The number of likely N-dealkylation sites (N-methyl/N-ethyl adjacent to an activating group) is 1. The second kappa shape index (κ2) is 10.7. The molecular formula is C19H35IN4O2. The summed E-state index contributed by atoms with van der Waals surface area (Å²) >= 11 is 0. The van der Waals surface area contributed by atoms with Crippen LogP contribution in [0.15, 0.2) is 4.99 Å². The lowest BCUT2D eigenvalue weighted by Gasteiger charge is -2.25. The van der Waals surface area contributed by atoms with Crippen LogP contribution in [-0.2, 0) is 9.53 Å². The van der Waals surface area contributed by atoms with Crippen molar-refractivity contribution in [3.8, 4) is 0 Å². The lowest BCUT2D eigenvalue weighted by molar-refractivity contribution is -0.127. The molecule has 0 saturated heterocycles. The Bertz CT molecular complexity index is 482. The third-order valence-corrected chi connectivity index (χ3v) is 5.74. The number of halogens is 1. The summed E-state index contributed by atoms with van der Waals surface area (Å²) in [7, 11) is 3.54. The van der Waals surface area contributed by atoms with E-state index in [0.29, 0.717) is 6.04 Å². The first-order valence-electron chi connectivity index (χ1n) is 9.94. The van der Waals surface area contributed by atoms with Gasteiger partial charge in [0.05, 0.1) is 0 Å². The van der Waals surface area contributed by atoms with Crippen molar-refractivity contribution in [2.75, 3.05) is 40.4 Å². The number of nitrogens with zero attached hydrogens (tertiary/aromatic N) is 2. The Morgan fingerprint density at radius 2 is 2.00 bits per heavy atom. The Morgan fingerprint density at radius 1 is 1.19 bits per heavy atom. The van der Waals surface area contributed by atoms with E-state index < -0.39 is 0 Å². The van der Waals surface area contributed by atoms with Crippen molar-refractivity contribution in [2.24, 2.45) is 22.7 Å². The number of aliphatic imine (C=N–C) groups is 1. The fourth-order valence-corrected chi connectivity index (χ4v) is 3.95. The van der Waals surface area contributed by atoms with Gasteiger partial charge in [0, 0.05) is 39.9 Å². The standard InChI is InChI=1S/C19H34N4O2.HI/c1-23(2)18(24)12-21-19(20-8-3-9-25-13-14-4-5-14)22-17-11-15-6-7-16(17)10-15;/h14-17H,3-13H2,1-2H3,(H2,20,21,22);1H. The van der Waals surface area contributed by atoms with Gasteiger partial charge in [-0.3, -0.25) is 4.79 Å². The first-order valence-corrected chi connectivity index (χ1v) is 9.94. The second-order valence-electron chi connectivity index (χ2n) is 8.18. The highest BCUT2D eigenvalue weighted by atomic mass is 127. The van der Waals surface area contributed by atoms with E-state index in [2.05, 4.69) is 15.6 Å². The number of carbonyl (C=O) groups is 1. The molecule has 3 aliphatic carbocycles. The van der Waals surface area contributed by atoms with Gasteiger partial charge in [-0.15, -0.1) is 24.0 Å². The Hall–Kier alpha value is -0.570. The fraction of sp³-hybridized carbons (Fsp3) is 0.895. The molecule has 0 aromatic rings. The van der Waals surface area contributed by atoms with Crippen LogP contribution in [0.25, 0.3) is 0 Å². The molecule has 0 radical (unpaired) electrons. The molecule has 3 fully saturated rings. The minimum Gasteiger partial charge on any atom is -0.381 e. The van der Waals surface area contributed by atoms with E-state index in [1.54, 1.807) is 19.0 Å². The molecule has 26 heavy (non-hydrogen) atoms. The molecule has 3 unspecified atom stereocenters. The molecule has 3 saturated carbocycles. The van der Waals surface area contributed by atoms with Crippen molar-refractivity contribution in [1.82, 2.24) is 15.5 Å². The number of carbonyl (C=O) groups excluding carboxylic acids is 1. The van der Waals surface area contributed by atoms with E-state index in [4.69, 9.17) is 4.74 Å². The van der Waals surface area contributed by atoms with Gasteiger partial charge in [-0.2, -0.15) is 0 Å². The first kappa shape index (κ1) is 21.7. The lowest BCUT2D eigenvalue weighted by Crippen LogP contribution is -2.46. The number of hydrogen-bond donors (Lipinski definition) is 2. The van der Waals surface area contributed by atoms with Crippen molar-refractivity contribution in [1.29, 1.82) is 0 Å². The molecule has 3 atom stereocenters.